The molecule has 1 aromatic heterocycles. The van der Waals surface area contributed by atoms with Crippen LogP contribution in [-0.4, -0.2) is 18.2 Å². The molecule has 0 saturated heterocycles. The molecule has 13 heavy (non-hydrogen) atoms. The summed E-state index contributed by atoms with van der Waals surface area (Å²) in [6.07, 6.45) is 1.68. The maximum absolute atomic E-state index is 5.96. The smallest absolute Gasteiger partial charge is 0.167 e. The Labute approximate surface area is 90.5 Å². The van der Waals surface area contributed by atoms with Crippen molar-refractivity contribution in [2.24, 2.45) is 5.10 Å². The summed E-state index contributed by atoms with van der Waals surface area (Å²) in [6.45, 7) is 6.08. The van der Waals surface area contributed by atoms with Crippen LogP contribution in [0.5, 0.6) is 0 Å². The molecule has 0 bridgehead atoms. The van der Waals surface area contributed by atoms with Gasteiger partial charge in [0.1, 0.15) is 0 Å². The zero-order valence-electron chi connectivity index (χ0n) is 7.17. The Morgan fingerprint density at radius 2 is 2.46 bits per heavy atom. The summed E-state index contributed by atoms with van der Waals surface area (Å²) in [7, 11) is 0. The summed E-state index contributed by atoms with van der Waals surface area (Å²) in [5.74, 6) is 0.627. The van der Waals surface area contributed by atoms with Gasteiger partial charge in [0, 0.05) is 23.9 Å². The van der Waals surface area contributed by atoms with Gasteiger partial charge < -0.3 is 0 Å². The molecule has 0 saturated carbocycles. The Balaban J connectivity index is 3.06. The van der Waals surface area contributed by atoms with E-state index in [2.05, 4.69) is 32.7 Å². The molecule has 0 aliphatic rings. The first kappa shape index (κ1) is 10.5. The summed E-state index contributed by atoms with van der Waals surface area (Å²) in [4.78, 5) is 4.13. The molecule has 0 atom stereocenters. The van der Waals surface area contributed by atoms with Crippen molar-refractivity contribution < 1.29 is 0 Å². The molecular weight excluding hydrogens is 253 g/mol. The van der Waals surface area contributed by atoms with E-state index in [1.807, 2.05) is 6.92 Å². The van der Waals surface area contributed by atoms with E-state index >= 15 is 0 Å². The van der Waals surface area contributed by atoms with Crippen molar-refractivity contribution in [2.45, 2.75) is 6.92 Å². The second-order valence-electron chi connectivity index (χ2n) is 2.32. The van der Waals surface area contributed by atoms with Gasteiger partial charge in [0.2, 0.25) is 0 Å². The van der Waals surface area contributed by atoms with Crippen molar-refractivity contribution in [1.82, 2.24) is 4.98 Å². The third-order valence-electron chi connectivity index (χ3n) is 1.50. The Hall–Kier alpha value is -0.610. The molecular formula is C8H9BrClN3. The zero-order chi connectivity index (χ0) is 9.84. The van der Waals surface area contributed by atoms with Gasteiger partial charge in [0.15, 0.2) is 5.82 Å². The lowest BCUT2D eigenvalue weighted by molar-refractivity contribution is 0.876. The van der Waals surface area contributed by atoms with Gasteiger partial charge in [-0.3, -0.25) is 0 Å². The summed E-state index contributed by atoms with van der Waals surface area (Å²) >= 11 is 9.24. The second kappa shape index (κ2) is 4.58. The van der Waals surface area contributed by atoms with Crippen molar-refractivity contribution in [3.8, 4) is 0 Å². The van der Waals surface area contributed by atoms with Gasteiger partial charge in [-0.05, 0) is 28.9 Å². The van der Waals surface area contributed by atoms with Gasteiger partial charge in [-0.15, -0.1) is 0 Å². The predicted molar refractivity (Wildman–Crippen MR) is 59.5 cm³/mol. The minimum absolute atomic E-state index is 0.559. The SMILES string of the molecule is C=NN(CC)c1ncc(Br)cc1Cl. The van der Waals surface area contributed by atoms with Crippen LogP contribution in [0.2, 0.25) is 5.02 Å². The van der Waals surface area contributed by atoms with Crippen molar-refractivity contribution in [3.63, 3.8) is 0 Å². The first-order valence-electron chi connectivity index (χ1n) is 3.74. The number of pyridine rings is 1. The number of nitrogens with zero attached hydrogens (tertiary/aromatic N) is 3. The molecule has 0 unspecified atom stereocenters. The van der Waals surface area contributed by atoms with Crippen LogP contribution < -0.4 is 5.01 Å². The fourth-order valence-corrected chi connectivity index (χ4v) is 1.64. The topological polar surface area (TPSA) is 28.5 Å². The van der Waals surface area contributed by atoms with E-state index in [1.54, 1.807) is 17.3 Å². The molecule has 0 N–H and O–H groups in total. The van der Waals surface area contributed by atoms with Gasteiger partial charge in [-0.25, -0.2) is 9.99 Å². The van der Waals surface area contributed by atoms with E-state index in [9.17, 15) is 0 Å². The number of anilines is 1. The standard InChI is InChI=1S/C8H9BrClN3/c1-3-13(11-2)8-7(10)4-6(9)5-12-8/h4-5H,2-3H2,1H3. The molecule has 1 rings (SSSR count). The van der Waals surface area contributed by atoms with E-state index in [0.717, 1.165) is 4.47 Å². The fraction of sp³-hybridized carbons (Fsp3) is 0.250. The number of rotatable bonds is 3. The maximum atomic E-state index is 5.96. The highest BCUT2D eigenvalue weighted by Gasteiger charge is 2.08. The lowest BCUT2D eigenvalue weighted by Gasteiger charge is -2.15. The highest BCUT2D eigenvalue weighted by Crippen LogP contribution is 2.25. The number of halogens is 2. The normalized spacial score (nSPS) is 9.77. The van der Waals surface area contributed by atoms with Crippen LogP contribution in [0.4, 0.5) is 5.82 Å². The van der Waals surface area contributed by atoms with Crippen molar-refractivity contribution in [2.75, 3.05) is 11.6 Å². The van der Waals surface area contributed by atoms with Gasteiger partial charge in [0.05, 0.1) is 5.02 Å². The fourth-order valence-electron chi connectivity index (χ4n) is 0.914. The molecule has 0 spiro atoms. The van der Waals surface area contributed by atoms with E-state index < -0.39 is 0 Å². The highest BCUT2D eigenvalue weighted by atomic mass is 79.9. The summed E-state index contributed by atoms with van der Waals surface area (Å²) in [6, 6.07) is 1.78. The third-order valence-corrected chi connectivity index (χ3v) is 2.21. The number of hydrogen-bond acceptors (Lipinski definition) is 3. The van der Waals surface area contributed by atoms with Crippen LogP contribution in [0.1, 0.15) is 6.92 Å². The monoisotopic (exact) mass is 261 g/mol. The minimum Gasteiger partial charge on any atom is -0.248 e. The summed E-state index contributed by atoms with van der Waals surface area (Å²) in [5, 5.41) is 5.98. The molecule has 3 nitrogen and oxygen atoms in total. The average molecular weight is 263 g/mol. The minimum atomic E-state index is 0.559. The molecule has 0 amide bonds. The number of hydrazone groups is 1. The molecule has 70 valence electrons. The Morgan fingerprint density at radius 1 is 1.77 bits per heavy atom. The quantitative estimate of drug-likeness (QED) is 0.619. The number of aromatic nitrogens is 1. The van der Waals surface area contributed by atoms with Crippen molar-refractivity contribution in [1.29, 1.82) is 0 Å². The first-order valence-corrected chi connectivity index (χ1v) is 4.91. The van der Waals surface area contributed by atoms with Crippen LogP contribution >= 0.6 is 27.5 Å². The lowest BCUT2D eigenvalue weighted by Crippen LogP contribution is -2.16. The van der Waals surface area contributed by atoms with Crippen LogP contribution in [0.25, 0.3) is 0 Å². The summed E-state index contributed by atoms with van der Waals surface area (Å²) in [5.41, 5.74) is 0. The molecule has 0 radical (unpaired) electrons. The molecule has 1 heterocycles. The van der Waals surface area contributed by atoms with E-state index in [4.69, 9.17) is 11.6 Å². The van der Waals surface area contributed by atoms with E-state index in [-0.39, 0.29) is 0 Å². The van der Waals surface area contributed by atoms with Gasteiger partial charge >= 0.3 is 0 Å². The number of hydrogen-bond donors (Lipinski definition) is 0. The van der Waals surface area contributed by atoms with Gasteiger partial charge in [-0.2, -0.15) is 5.10 Å². The molecule has 0 aliphatic carbocycles. The van der Waals surface area contributed by atoms with Crippen LogP contribution in [0, 0.1) is 0 Å². The molecule has 1 aromatic rings. The summed E-state index contributed by atoms with van der Waals surface area (Å²) < 4.78 is 0.848. The molecule has 0 aliphatic heterocycles. The first-order chi connectivity index (χ1) is 6.19. The third kappa shape index (κ3) is 2.42. The van der Waals surface area contributed by atoms with Gasteiger partial charge in [0.25, 0.3) is 0 Å². The Morgan fingerprint density at radius 3 is 2.92 bits per heavy atom. The molecule has 5 heteroatoms. The van der Waals surface area contributed by atoms with Crippen LogP contribution in [0.15, 0.2) is 21.8 Å². The lowest BCUT2D eigenvalue weighted by atomic mass is 10.4. The average Bonchev–Trinajstić information content (AvgIpc) is 2.10. The predicted octanol–water partition coefficient (Wildman–Crippen LogP) is 2.94. The van der Waals surface area contributed by atoms with Crippen molar-refractivity contribution >= 4 is 40.1 Å². The molecule has 0 aromatic carbocycles. The van der Waals surface area contributed by atoms with Crippen LogP contribution in [-0.2, 0) is 0 Å². The van der Waals surface area contributed by atoms with E-state index in [1.165, 1.54) is 0 Å². The van der Waals surface area contributed by atoms with Crippen molar-refractivity contribution in [3.05, 3.63) is 21.8 Å². The maximum Gasteiger partial charge on any atom is 0.167 e. The van der Waals surface area contributed by atoms with E-state index in [0.29, 0.717) is 17.4 Å². The zero-order valence-corrected chi connectivity index (χ0v) is 9.51. The highest BCUT2D eigenvalue weighted by molar-refractivity contribution is 9.10. The largest absolute Gasteiger partial charge is 0.248 e. The Kier molecular flexibility index (Phi) is 3.69. The molecule has 0 fully saturated rings. The Bertz CT molecular complexity index is 316. The van der Waals surface area contributed by atoms with Gasteiger partial charge in [-0.1, -0.05) is 11.6 Å². The van der Waals surface area contributed by atoms with Crippen LogP contribution in [0.3, 0.4) is 0 Å². The second-order valence-corrected chi connectivity index (χ2v) is 3.64.